The number of primary amides is 1. The van der Waals surface area contributed by atoms with E-state index in [1.54, 1.807) is 11.1 Å². The van der Waals surface area contributed by atoms with Crippen LogP contribution in [0.1, 0.15) is 37.5 Å². The number of hydrogen-bond acceptors (Lipinski definition) is 6. The van der Waals surface area contributed by atoms with E-state index >= 15 is 0 Å². The number of rotatable bonds is 8. The Hall–Kier alpha value is -2.40. The maximum Gasteiger partial charge on any atom is 0.404 e. The number of benzene rings is 1. The number of sulfone groups is 1. The van der Waals surface area contributed by atoms with Gasteiger partial charge in [0, 0.05) is 17.3 Å². The summed E-state index contributed by atoms with van der Waals surface area (Å²) in [6.45, 7) is 0.332. The largest absolute Gasteiger partial charge is 0.449 e. The molecule has 0 bridgehead atoms. The first kappa shape index (κ1) is 23.7. The van der Waals surface area contributed by atoms with Crippen molar-refractivity contribution in [2.45, 2.75) is 31.7 Å². The van der Waals surface area contributed by atoms with Crippen LogP contribution in [0.2, 0.25) is 0 Å². The van der Waals surface area contributed by atoms with Gasteiger partial charge < -0.3 is 20.4 Å². The van der Waals surface area contributed by atoms with Crippen molar-refractivity contribution in [1.29, 1.82) is 0 Å². The lowest BCUT2D eigenvalue weighted by Crippen LogP contribution is -2.39. The molecular weight excluding hydrogens is 512 g/mol. The van der Waals surface area contributed by atoms with E-state index in [0.29, 0.717) is 12.4 Å². The lowest BCUT2D eigenvalue weighted by atomic mass is 10.0. The average Bonchev–Trinajstić information content (AvgIpc) is 3.16. The molecule has 3 N–H and O–H groups in total. The van der Waals surface area contributed by atoms with Crippen LogP contribution in [-0.2, 0) is 19.4 Å². The van der Waals surface area contributed by atoms with E-state index in [1.807, 2.05) is 24.3 Å². The van der Waals surface area contributed by atoms with E-state index in [2.05, 4.69) is 25.9 Å². The molecule has 2 heterocycles. The smallest absolute Gasteiger partial charge is 0.404 e. The van der Waals surface area contributed by atoms with Gasteiger partial charge in [-0.2, -0.15) is 0 Å². The zero-order valence-electron chi connectivity index (χ0n) is 18.3. The van der Waals surface area contributed by atoms with Gasteiger partial charge in [0.1, 0.15) is 22.3 Å². The van der Waals surface area contributed by atoms with Crippen LogP contribution in [-0.4, -0.2) is 60.4 Å². The lowest BCUT2D eigenvalue weighted by Gasteiger charge is -2.27. The van der Waals surface area contributed by atoms with Gasteiger partial charge in [0.25, 0.3) is 0 Å². The summed E-state index contributed by atoms with van der Waals surface area (Å²) in [5, 5.41) is 0. The van der Waals surface area contributed by atoms with Crippen molar-refractivity contribution >= 4 is 37.8 Å². The number of nitrogens with one attached hydrogen (secondary N) is 1. The van der Waals surface area contributed by atoms with Gasteiger partial charge in [0.05, 0.1) is 29.6 Å². The van der Waals surface area contributed by atoms with E-state index in [1.165, 1.54) is 0 Å². The Balaban J connectivity index is 1.57. The Morgan fingerprint density at radius 2 is 2.03 bits per heavy atom. The fraction of sp³-hybridized carbons (Fsp3) is 0.500. The summed E-state index contributed by atoms with van der Waals surface area (Å²) in [5.74, 6) is -0.508. The van der Waals surface area contributed by atoms with Crippen LogP contribution < -0.4 is 5.73 Å². The van der Waals surface area contributed by atoms with Gasteiger partial charge in [-0.25, -0.2) is 18.2 Å². The van der Waals surface area contributed by atoms with Crippen molar-refractivity contribution in [3.63, 3.8) is 0 Å². The molecule has 1 spiro atoms. The van der Waals surface area contributed by atoms with Crippen molar-refractivity contribution in [2.75, 3.05) is 25.2 Å². The number of aromatic amines is 1. The van der Waals surface area contributed by atoms with E-state index in [4.69, 9.17) is 10.5 Å². The summed E-state index contributed by atoms with van der Waals surface area (Å²) in [6.07, 6.45) is 4.82. The highest BCUT2D eigenvalue weighted by molar-refractivity contribution is 9.10. The number of halogens is 1. The minimum absolute atomic E-state index is 0.0590. The Kier molecular flexibility index (Phi) is 6.54. The summed E-state index contributed by atoms with van der Waals surface area (Å²) in [5.41, 5.74) is 7.01. The van der Waals surface area contributed by atoms with Gasteiger partial charge in [0.2, 0.25) is 5.91 Å². The fourth-order valence-electron chi connectivity index (χ4n) is 4.41. The molecule has 178 valence electrons. The van der Waals surface area contributed by atoms with Crippen LogP contribution in [0, 0.1) is 11.3 Å². The number of ether oxygens (including phenoxy) is 1. The van der Waals surface area contributed by atoms with Gasteiger partial charge in [-0.05, 0) is 48.8 Å². The molecule has 2 aliphatic rings. The van der Waals surface area contributed by atoms with E-state index in [0.717, 1.165) is 41.2 Å². The summed E-state index contributed by atoms with van der Waals surface area (Å²) in [7, 11) is -3.29. The minimum atomic E-state index is -3.29. The van der Waals surface area contributed by atoms with Gasteiger partial charge >= 0.3 is 6.09 Å². The third-order valence-electron chi connectivity index (χ3n) is 6.43. The number of nitrogens with zero attached hydrogens (tertiary/aromatic N) is 2. The summed E-state index contributed by atoms with van der Waals surface area (Å²) in [6, 6.07) is 7.60. The molecule has 2 unspecified atom stereocenters. The number of aromatic nitrogens is 2. The summed E-state index contributed by atoms with van der Waals surface area (Å²) < 4.78 is 29.3. The van der Waals surface area contributed by atoms with Crippen LogP contribution in [0.5, 0.6) is 0 Å². The summed E-state index contributed by atoms with van der Waals surface area (Å²) in [4.78, 5) is 34.4. The fourth-order valence-corrected chi connectivity index (χ4v) is 5.38. The van der Waals surface area contributed by atoms with Gasteiger partial charge in [-0.1, -0.05) is 28.1 Å². The molecule has 2 atom stereocenters. The topological polar surface area (TPSA) is 135 Å². The third kappa shape index (κ3) is 5.75. The molecule has 4 rings (SSSR count). The number of likely N-dealkylation sites (tertiary alicyclic amines) is 1. The monoisotopic (exact) mass is 538 g/mol. The highest BCUT2D eigenvalue weighted by Gasteiger charge is 2.55. The first-order valence-corrected chi connectivity index (χ1v) is 13.6. The Labute approximate surface area is 201 Å². The predicted molar refractivity (Wildman–Crippen MR) is 126 cm³/mol. The maximum atomic E-state index is 13.5. The van der Waals surface area contributed by atoms with Crippen molar-refractivity contribution in [2.24, 2.45) is 17.1 Å². The molecule has 1 saturated heterocycles. The molecule has 2 aromatic rings. The van der Waals surface area contributed by atoms with Crippen molar-refractivity contribution in [3.8, 4) is 11.3 Å². The van der Waals surface area contributed by atoms with Crippen LogP contribution in [0.25, 0.3) is 11.3 Å². The molecule has 2 fully saturated rings. The summed E-state index contributed by atoms with van der Waals surface area (Å²) >= 11 is 3.43. The molecule has 33 heavy (non-hydrogen) atoms. The molecule has 9 nitrogen and oxygen atoms in total. The molecule has 1 aromatic carbocycles. The number of nitrogens with two attached hydrogens (primary N) is 1. The third-order valence-corrected chi connectivity index (χ3v) is 7.93. The van der Waals surface area contributed by atoms with Gasteiger partial charge in [0.15, 0.2) is 0 Å². The highest BCUT2D eigenvalue weighted by atomic mass is 79.9. The average molecular weight is 539 g/mol. The second-order valence-corrected chi connectivity index (χ2v) is 12.3. The zero-order valence-corrected chi connectivity index (χ0v) is 20.7. The molecule has 2 amide bonds. The van der Waals surface area contributed by atoms with Crippen molar-refractivity contribution < 1.29 is 22.7 Å². The first-order valence-electron chi connectivity index (χ1n) is 10.8. The van der Waals surface area contributed by atoms with Crippen molar-refractivity contribution in [1.82, 2.24) is 14.9 Å². The molecule has 0 radical (unpaired) electrons. The minimum Gasteiger partial charge on any atom is -0.449 e. The Morgan fingerprint density at radius 1 is 1.33 bits per heavy atom. The number of H-pyrrole nitrogens is 1. The molecular formula is C22H27BrN4O5S. The Morgan fingerprint density at radius 3 is 2.64 bits per heavy atom. The van der Waals surface area contributed by atoms with Crippen LogP contribution in [0.4, 0.5) is 4.79 Å². The maximum absolute atomic E-state index is 13.5. The van der Waals surface area contributed by atoms with E-state index < -0.39 is 21.8 Å². The van der Waals surface area contributed by atoms with E-state index in [-0.39, 0.29) is 36.1 Å². The Bertz CT molecular complexity index is 1140. The molecule has 11 heteroatoms. The number of hydrogen-bond donors (Lipinski definition) is 2. The molecule has 1 aliphatic heterocycles. The second kappa shape index (κ2) is 9.09. The number of carbonyl (C=O) groups is 2. The zero-order chi connectivity index (χ0) is 23.8. The molecule has 1 aromatic heterocycles. The van der Waals surface area contributed by atoms with Crippen molar-refractivity contribution in [3.05, 3.63) is 40.8 Å². The van der Waals surface area contributed by atoms with Gasteiger partial charge in [-0.3, -0.25) is 4.79 Å². The normalized spacial score (nSPS) is 20.1. The van der Waals surface area contributed by atoms with Crippen LogP contribution >= 0.6 is 15.9 Å². The lowest BCUT2D eigenvalue weighted by molar-refractivity contribution is -0.138. The number of carbonyl (C=O) groups excluding carboxylic acids is 2. The number of imidazole rings is 1. The van der Waals surface area contributed by atoms with Crippen LogP contribution in [0.3, 0.4) is 0 Å². The van der Waals surface area contributed by atoms with Crippen LogP contribution in [0.15, 0.2) is 34.9 Å². The van der Waals surface area contributed by atoms with Gasteiger partial charge in [-0.15, -0.1) is 0 Å². The quantitative estimate of drug-likeness (QED) is 0.530. The first-order chi connectivity index (χ1) is 15.6. The van der Waals surface area contributed by atoms with E-state index in [9.17, 15) is 18.0 Å². The predicted octanol–water partition coefficient (Wildman–Crippen LogP) is 3.04. The molecule has 1 aliphatic carbocycles. The number of amides is 2. The standard InChI is InChI=1S/C22H27BrN4O5S/c1-33(30,31)9-6-15(12-32-21(24)29)20(28)27-13-22(7-8-22)10-18(27)19-25-11-17(26-19)14-2-4-16(23)5-3-14/h2-5,11,15,18H,6-10,12-13H2,1H3,(H2,24,29)(H,25,26). The molecule has 1 saturated carbocycles. The second-order valence-electron chi connectivity index (χ2n) is 9.12. The highest BCUT2D eigenvalue weighted by Crippen LogP contribution is 2.58. The SMILES string of the molecule is CS(=O)(=O)CCC(COC(N)=O)C(=O)N1CC2(CC2)CC1c1ncc(-c2ccc(Br)cc2)[nH]1.